The number of nitrogens with one attached hydrogen (secondary N) is 1. The van der Waals surface area contributed by atoms with E-state index in [1.807, 2.05) is 25.7 Å². The van der Waals surface area contributed by atoms with Gasteiger partial charge in [0.15, 0.2) is 0 Å². The lowest BCUT2D eigenvalue weighted by Crippen LogP contribution is -2.48. The van der Waals surface area contributed by atoms with Gasteiger partial charge in [0, 0.05) is 57.8 Å². The van der Waals surface area contributed by atoms with E-state index in [9.17, 15) is 14.4 Å². The number of fused-ring (bicyclic) bond motifs is 1. The number of ether oxygens (including phenoxy) is 2. The Morgan fingerprint density at radius 1 is 1.19 bits per heavy atom. The van der Waals surface area contributed by atoms with Gasteiger partial charge in [0.25, 0.3) is 5.91 Å². The maximum Gasteiger partial charge on any atom is 0.257 e. The highest BCUT2D eigenvalue weighted by Crippen LogP contribution is 2.27. The molecule has 1 aliphatic heterocycles. The molecule has 0 aliphatic carbocycles. The minimum Gasteiger partial charge on any atom is -0.491 e. The zero-order valence-corrected chi connectivity index (χ0v) is 19.4. The van der Waals surface area contributed by atoms with Crippen LogP contribution in [0.15, 0.2) is 18.2 Å². The molecule has 0 bridgehead atoms. The largest absolute Gasteiger partial charge is 0.491 e. The number of hydrogen-bond acceptors (Lipinski definition) is 5. The van der Waals surface area contributed by atoms with Crippen LogP contribution in [0.1, 0.15) is 50.9 Å². The molecule has 0 unspecified atom stereocenters. The normalized spacial score (nSPS) is 22.6. The van der Waals surface area contributed by atoms with Crippen molar-refractivity contribution in [3.63, 3.8) is 0 Å². The highest BCUT2D eigenvalue weighted by atomic mass is 16.5. The molecule has 1 heterocycles. The summed E-state index contributed by atoms with van der Waals surface area (Å²) in [4.78, 5) is 41.0. The minimum absolute atomic E-state index is 0.0312. The second-order valence-electron chi connectivity index (χ2n) is 8.11. The fourth-order valence-corrected chi connectivity index (χ4v) is 3.65. The zero-order valence-electron chi connectivity index (χ0n) is 19.4. The summed E-state index contributed by atoms with van der Waals surface area (Å²) in [5.41, 5.74) is 0.964. The summed E-state index contributed by atoms with van der Waals surface area (Å²) >= 11 is 0. The van der Waals surface area contributed by atoms with Crippen LogP contribution in [-0.2, 0) is 14.3 Å². The average Bonchev–Trinajstić information content (AvgIpc) is 2.77. The van der Waals surface area contributed by atoms with Gasteiger partial charge < -0.3 is 24.6 Å². The third-order valence-electron chi connectivity index (χ3n) is 5.67. The highest BCUT2D eigenvalue weighted by Gasteiger charge is 2.29. The number of carbonyl (C=O) groups is 3. The van der Waals surface area contributed by atoms with E-state index >= 15 is 0 Å². The highest BCUT2D eigenvalue weighted by molar-refractivity contribution is 5.98. The third kappa shape index (κ3) is 6.19. The van der Waals surface area contributed by atoms with Gasteiger partial charge in [-0.15, -0.1) is 0 Å². The van der Waals surface area contributed by atoms with E-state index in [0.717, 1.165) is 0 Å². The summed E-state index contributed by atoms with van der Waals surface area (Å²) in [5, 5.41) is 2.80. The Labute approximate surface area is 184 Å². The van der Waals surface area contributed by atoms with Crippen LogP contribution in [0.3, 0.4) is 0 Å². The second-order valence-corrected chi connectivity index (χ2v) is 8.11. The molecule has 0 saturated carbocycles. The summed E-state index contributed by atoms with van der Waals surface area (Å²) in [5.74, 6) is 0.144. The first-order chi connectivity index (χ1) is 14.7. The summed E-state index contributed by atoms with van der Waals surface area (Å²) < 4.78 is 11.7. The van der Waals surface area contributed by atoms with Gasteiger partial charge in [0.2, 0.25) is 11.8 Å². The van der Waals surface area contributed by atoms with Crippen molar-refractivity contribution in [2.45, 2.75) is 52.7 Å². The summed E-state index contributed by atoms with van der Waals surface area (Å²) in [6.45, 7) is 8.69. The van der Waals surface area contributed by atoms with Crippen molar-refractivity contribution in [3.05, 3.63) is 23.8 Å². The SMILES string of the molecule is CCC(=O)Nc1ccc2c(c1)OC[C@H](C)N(C(=O)CC)C[C@@H](C)[C@@H](OC)CN(C)C2=O. The van der Waals surface area contributed by atoms with Crippen molar-refractivity contribution in [2.24, 2.45) is 5.92 Å². The molecule has 172 valence electrons. The Morgan fingerprint density at radius 2 is 1.90 bits per heavy atom. The van der Waals surface area contributed by atoms with Crippen LogP contribution < -0.4 is 10.1 Å². The predicted molar refractivity (Wildman–Crippen MR) is 119 cm³/mol. The summed E-state index contributed by atoms with van der Waals surface area (Å²) in [6, 6.07) is 4.83. The monoisotopic (exact) mass is 433 g/mol. The Bertz CT molecular complexity index is 797. The molecular formula is C23H35N3O5. The van der Waals surface area contributed by atoms with Crippen molar-refractivity contribution < 1.29 is 23.9 Å². The van der Waals surface area contributed by atoms with E-state index in [1.54, 1.807) is 44.2 Å². The molecule has 8 nitrogen and oxygen atoms in total. The maximum atomic E-state index is 13.1. The van der Waals surface area contributed by atoms with Crippen LogP contribution in [0.5, 0.6) is 5.75 Å². The number of carbonyl (C=O) groups excluding carboxylic acids is 3. The van der Waals surface area contributed by atoms with Crippen LogP contribution in [0.25, 0.3) is 0 Å². The molecule has 1 aromatic carbocycles. The Balaban J connectivity index is 2.45. The van der Waals surface area contributed by atoms with E-state index in [4.69, 9.17) is 9.47 Å². The van der Waals surface area contributed by atoms with Gasteiger partial charge >= 0.3 is 0 Å². The molecule has 0 fully saturated rings. The number of nitrogens with zero attached hydrogens (tertiary/aromatic N) is 2. The first kappa shape index (κ1) is 24.7. The van der Waals surface area contributed by atoms with E-state index in [2.05, 4.69) is 5.32 Å². The van der Waals surface area contributed by atoms with Crippen molar-refractivity contribution in [2.75, 3.05) is 39.2 Å². The number of likely N-dealkylation sites (N-methyl/N-ethyl adjacent to an activating group) is 1. The fraction of sp³-hybridized carbons (Fsp3) is 0.609. The van der Waals surface area contributed by atoms with Crippen molar-refractivity contribution >= 4 is 23.4 Å². The Morgan fingerprint density at radius 3 is 2.52 bits per heavy atom. The molecule has 0 radical (unpaired) electrons. The molecule has 0 aromatic heterocycles. The lowest BCUT2D eigenvalue weighted by atomic mass is 10.0. The van der Waals surface area contributed by atoms with Gasteiger partial charge in [0.1, 0.15) is 12.4 Å². The van der Waals surface area contributed by atoms with Crippen LogP contribution >= 0.6 is 0 Å². The van der Waals surface area contributed by atoms with E-state index in [0.29, 0.717) is 42.9 Å². The number of anilines is 1. The molecule has 31 heavy (non-hydrogen) atoms. The summed E-state index contributed by atoms with van der Waals surface area (Å²) in [6.07, 6.45) is 0.526. The number of hydrogen-bond donors (Lipinski definition) is 1. The lowest BCUT2D eigenvalue weighted by molar-refractivity contribution is -0.135. The molecule has 3 amide bonds. The third-order valence-corrected chi connectivity index (χ3v) is 5.67. The smallest absolute Gasteiger partial charge is 0.257 e. The van der Waals surface area contributed by atoms with Gasteiger partial charge in [-0.25, -0.2) is 0 Å². The molecule has 3 atom stereocenters. The van der Waals surface area contributed by atoms with Crippen molar-refractivity contribution in [1.82, 2.24) is 9.80 Å². The summed E-state index contributed by atoms with van der Waals surface area (Å²) in [7, 11) is 3.35. The standard InChI is InChI=1S/C23H35N3O5/c1-7-21(27)24-17-9-10-18-19(11-17)31-14-16(4)26(22(28)8-2)12-15(3)20(30-6)13-25(5)23(18)29/h9-11,15-16,20H,7-8,12-14H2,1-6H3,(H,24,27)/t15-,16+,20+/m1/s1. The maximum absolute atomic E-state index is 13.1. The second kappa shape index (κ2) is 11.1. The van der Waals surface area contributed by atoms with Crippen molar-refractivity contribution in [3.8, 4) is 5.75 Å². The molecule has 1 N–H and O–H groups in total. The van der Waals surface area contributed by atoms with Crippen LogP contribution in [0.4, 0.5) is 5.69 Å². The van der Waals surface area contributed by atoms with Gasteiger partial charge in [-0.1, -0.05) is 20.8 Å². The number of amides is 3. The predicted octanol–water partition coefficient (Wildman–Crippen LogP) is 2.78. The molecule has 0 saturated heterocycles. The minimum atomic E-state index is -0.222. The van der Waals surface area contributed by atoms with Crippen LogP contribution in [-0.4, -0.2) is 73.5 Å². The van der Waals surface area contributed by atoms with Crippen LogP contribution in [0.2, 0.25) is 0 Å². The van der Waals surface area contributed by atoms with Gasteiger partial charge in [0.05, 0.1) is 17.7 Å². The Hall–Kier alpha value is -2.61. The fourth-order valence-electron chi connectivity index (χ4n) is 3.65. The quantitative estimate of drug-likeness (QED) is 0.789. The van der Waals surface area contributed by atoms with E-state index in [-0.39, 0.29) is 42.4 Å². The molecule has 8 heteroatoms. The molecule has 1 aromatic rings. The zero-order chi connectivity index (χ0) is 23.1. The molecular weight excluding hydrogens is 398 g/mol. The lowest BCUT2D eigenvalue weighted by Gasteiger charge is -2.36. The van der Waals surface area contributed by atoms with Gasteiger partial charge in [-0.3, -0.25) is 14.4 Å². The molecule has 0 spiro atoms. The molecule has 2 rings (SSSR count). The topological polar surface area (TPSA) is 88.2 Å². The first-order valence-electron chi connectivity index (χ1n) is 10.9. The van der Waals surface area contributed by atoms with E-state index < -0.39 is 0 Å². The number of methoxy groups -OCH3 is 1. The van der Waals surface area contributed by atoms with Crippen molar-refractivity contribution in [1.29, 1.82) is 0 Å². The van der Waals surface area contributed by atoms with E-state index in [1.165, 1.54) is 0 Å². The number of benzene rings is 1. The molecule has 1 aliphatic rings. The first-order valence-corrected chi connectivity index (χ1v) is 10.9. The number of rotatable bonds is 4. The van der Waals surface area contributed by atoms with Gasteiger partial charge in [-0.2, -0.15) is 0 Å². The van der Waals surface area contributed by atoms with Gasteiger partial charge in [-0.05, 0) is 19.1 Å². The average molecular weight is 434 g/mol. The van der Waals surface area contributed by atoms with Crippen LogP contribution in [0, 0.1) is 5.92 Å². The Kier molecular flexibility index (Phi) is 8.86.